The monoisotopic (exact) mass is 314 g/mol. The summed E-state index contributed by atoms with van der Waals surface area (Å²) in [4.78, 5) is 13.1. The lowest BCUT2D eigenvalue weighted by atomic mass is 10.2. The highest BCUT2D eigenvalue weighted by molar-refractivity contribution is 7.89. The van der Waals surface area contributed by atoms with Gasteiger partial charge in [0.25, 0.3) is 10.0 Å². The van der Waals surface area contributed by atoms with Gasteiger partial charge in [-0.15, -0.1) is 0 Å². The van der Waals surface area contributed by atoms with E-state index in [4.69, 9.17) is 9.52 Å². The molecule has 3 heterocycles. The van der Waals surface area contributed by atoms with E-state index in [1.807, 2.05) is 0 Å². The fourth-order valence-corrected chi connectivity index (χ4v) is 4.52. The van der Waals surface area contributed by atoms with Crippen molar-refractivity contribution >= 4 is 16.0 Å². The van der Waals surface area contributed by atoms with Crippen LogP contribution < -0.4 is 0 Å². The number of aromatic carboxylic acids is 1. The van der Waals surface area contributed by atoms with Crippen LogP contribution in [0.4, 0.5) is 0 Å². The maximum atomic E-state index is 12.6. The molecular formula is C13H18N2O5S. The highest BCUT2D eigenvalue weighted by Crippen LogP contribution is 2.26. The van der Waals surface area contributed by atoms with Crippen molar-refractivity contribution in [3.8, 4) is 0 Å². The normalized spacial score (nSPS) is 24.7. The average molecular weight is 314 g/mol. The van der Waals surface area contributed by atoms with E-state index in [-0.39, 0.29) is 16.9 Å². The molecule has 1 atom stereocenters. The van der Waals surface area contributed by atoms with Crippen LogP contribution in [0, 0.1) is 0 Å². The van der Waals surface area contributed by atoms with Gasteiger partial charge in [0.15, 0.2) is 0 Å². The largest absolute Gasteiger partial charge is 0.475 e. The first-order chi connectivity index (χ1) is 9.98. The second kappa shape index (κ2) is 5.43. The maximum Gasteiger partial charge on any atom is 0.371 e. The van der Waals surface area contributed by atoms with Crippen LogP contribution in [0.1, 0.15) is 29.8 Å². The van der Waals surface area contributed by atoms with Crippen molar-refractivity contribution in [1.82, 2.24) is 9.21 Å². The van der Waals surface area contributed by atoms with Gasteiger partial charge in [0.1, 0.15) is 0 Å². The molecule has 2 fully saturated rings. The lowest BCUT2D eigenvalue weighted by Crippen LogP contribution is -2.39. The van der Waals surface area contributed by atoms with E-state index in [1.165, 1.54) is 16.4 Å². The third-order valence-corrected chi connectivity index (χ3v) is 5.89. The van der Waals surface area contributed by atoms with Crippen LogP contribution in [0.15, 0.2) is 21.6 Å². The predicted molar refractivity (Wildman–Crippen MR) is 73.6 cm³/mol. The summed E-state index contributed by atoms with van der Waals surface area (Å²) < 4.78 is 31.6. The minimum Gasteiger partial charge on any atom is -0.475 e. The van der Waals surface area contributed by atoms with Crippen LogP contribution >= 0.6 is 0 Å². The summed E-state index contributed by atoms with van der Waals surface area (Å²) in [5, 5.41) is 8.55. The number of carbonyl (C=O) groups is 1. The smallest absolute Gasteiger partial charge is 0.371 e. The number of rotatable bonds is 3. The molecule has 2 aliphatic rings. The van der Waals surface area contributed by atoms with Gasteiger partial charge in [0.2, 0.25) is 10.9 Å². The molecule has 0 amide bonds. The van der Waals surface area contributed by atoms with Crippen LogP contribution in [0.5, 0.6) is 0 Å². The molecule has 1 unspecified atom stereocenters. The number of carboxylic acid groups (broad SMARTS) is 1. The van der Waals surface area contributed by atoms with Gasteiger partial charge < -0.3 is 9.52 Å². The number of sulfonamides is 1. The second-order valence-electron chi connectivity index (χ2n) is 5.47. The summed E-state index contributed by atoms with van der Waals surface area (Å²) in [7, 11) is -3.76. The molecule has 1 aromatic rings. The molecule has 0 bridgehead atoms. The first-order valence-electron chi connectivity index (χ1n) is 7.06. The van der Waals surface area contributed by atoms with Gasteiger partial charge in [0.05, 0.1) is 0 Å². The summed E-state index contributed by atoms with van der Waals surface area (Å²) in [5.74, 6) is -1.62. The molecule has 2 saturated heterocycles. The first-order valence-corrected chi connectivity index (χ1v) is 8.50. The lowest BCUT2D eigenvalue weighted by Gasteiger charge is -2.24. The standard InChI is InChI=1S/C13H18N2O5S/c16-13(17)11-4-5-12(20-11)21(18,19)15-8-2-7-14-6-1-3-10(14)9-15/h4-5,10H,1-3,6-9H2,(H,16,17). The Kier molecular flexibility index (Phi) is 3.76. The van der Waals surface area contributed by atoms with Crippen molar-refractivity contribution in [2.24, 2.45) is 0 Å². The Labute approximate surface area is 123 Å². The molecule has 0 saturated carbocycles. The zero-order chi connectivity index (χ0) is 15.0. The van der Waals surface area contributed by atoms with Crippen molar-refractivity contribution in [2.45, 2.75) is 30.4 Å². The topological polar surface area (TPSA) is 91.1 Å². The van der Waals surface area contributed by atoms with Crippen LogP contribution in [-0.2, 0) is 10.0 Å². The Balaban J connectivity index is 1.84. The molecule has 7 nitrogen and oxygen atoms in total. The molecule has 8 heteroatoms. The number of nitrogens with zero attached hydrogens (tertiary/aromatic N) is 2. The Morgan fingerprint density at radius 2 is 2.00 bits per heavy atom. The van der Waals surface area contributed by atoms with E-state index >= 15 is 0 Å². The van der Waals surface area contributed by atoms with Crippen LogP contribution in [0.25, 0.3) is 0 Å². The zero-order valence-electron chi connectivity index (χ0n) is 11.6. The van der Waals surface area contributed by atoms with E-state index in [1.54, 1.807) is 0 Å². The molecule has 0 spiro atoms. The molecule has 116 valence electrons. The average Bonchev–Trinajstić information content (AvgIpc) is 3.04. The minimum atomic E-state index is -3.76. The number of hydrogen-bond acceptors (Lipinski definition) is 5. The molecule has 3 rings (SSSR count). The first kappa shape index (κ1) is 14.6. The molecule has 1 N–H and O–H groups in total. The molecular weight excluding hydrogens is 296 g/mol. The second-order valence-corrected chi connectivity index (χ2v) is 7.34. The predicted octanol–water partition coefficient (Wildman–Crippen LogP) is 0.837. The van der Waals surface area contributed by atoms with Crippen molar-refractivity contribution in [3.05, 3.63) is 17.9 Å². The molecule has 1 aromatic heterocycles. The lowest BCUT2D eigenvalue weighted by molar-refractivity contribution is 0.0656. The Bertz CT molecular complexity index is 639. The van der Waals surface area contributed by atoms with E-state index in [0.717, 1.165) is 32.4 Å². The Morgan fingerprint density at radius 1 is 1.24 bits per heavy atom. The fourth-order valence-electron chi connectivity index (χ4n) is 3.09. The van der Waals surface area contributed by atoms with Crippen LogP contribution in [-0.4, -0.2) is 60.9 Å². The van der Waals surface area contributed by atoms with Crippen LogP contribution in [0.2, 0.25) is 0 Å². The van der Waals surface area contributed by atoms with E-state index in [2.05, 4.69) is 4.90 Å². The fraction of sp³-hybridized carbons (Fsp3) is 0.615. The number of fused-ring (bicyclic) bond motifs is 1. The number of carboxylic acids is 1. The van der Waals surface area contributed by atoms with Gasteiger partial charge >= 0.3 is 5.97 Å². The van der Waals surface area contributed by atoms with E-state index < -0.39 is 16.0 Å². The Hall–Kier alpha value is -1.38. The molecule has 21 heavy (non-hydrogen) atoms. The highest BCUT2D eigenvalue weighted by atomic mass is 32.2. The number of furan rings is 1. The van der Waals surface area contributed by atoms with Crippen molar-refractivity contribution in [3.63, 3.8) is 0 Å². The van der Waals surface area contributed by atoms with Gasteiger partial charge in [0, 0.05) is 19.1 Å². The van der Waals surface area contributed by atoms with Crippen LogP contribution in [0.3, 0.4) is 0 Å². The van der Waals surface area contributed by atoms with Crippen molar-refractivity contribution in [1.29, 1.82) is 0 Å². The van der Waals surface area contributed by atoms with Gasteiger partial charge in [-0.1, -0.05) is 0 Å². The number of hydrogen-bond donors (Lipinski definition) is 1. The maximum absolute atomic E-state index is 12.6. The highest BCUT2D eigenvalue weighted by Gasteiger charge is 2.35. The van der Waals surface area contributed by atoms with Crippen molar-refractivity contribution in [2.75, 3.05) is 26.2 Å². The van der Waals surface area contributed by atoms with Gasteiger partial charge in [-0.2, -0.15) is 4.31 Å². The quantitative estimate of drug-likeness (QED) is 0.889. The van der Waals surface area contributed by atoms with E-state index in [0.29, 0.717) is 13.1 Å². The summed E-state index contributed by atoms with van der Waals surface area (Å²) >= 11 is 0. The summed E-state index contributed by atoms with van der Waals surface area (Å²) in [6.07, 6.45) is 2.88. The molecule has 0 aliphatic carbocycles. The third-order valence-electron chi connectivity index (χ3n) is 4.15. The SMILES string of the molecule is O=C(O)c1ccc(S(=O)(=O)N2CCCN3CCCC3C2)o1. The molecule has 0 radical (unpaired) electrons. The van der Waals surface area contributed by atoms with Gasteiger partial charge in [-0.25, -0.2) is 13.2 Å². The van der Waals surface area contributed by atoms with Crippen molar-refractivity contribution < 1.29 is 22.7 Å². The zero-order valence-corrected chi connectivity index (χ0v) is 12.4. The van der Waals surface area contributed by atoms with E-state index in [9.17, 15) is 13.2 Å². The minimum absolute atomic E-state index is 0.260. The summed E-state index contributed by atoms with van der Waals surface area (Å²) in [5.41, 5.74) is 0. The Morgan fingerprint density at radius 3 is 2.71 bits per heavy atom. The summed E-state index contributed by atoms with van der Waals surface area (Å²) in [6, 6.07) is 2.65. The summed E-state index contributed by atoms with van der Waals surface area (Å²) in [6.45, 7) is 2.83. The van der Waals surface area contributed by atoms with Gasteiger partial charge in [-0.3, -0.25) is 4.90 Å². The molecule has 2 aliphatic heterocycles. The molecule has 0 aromatic carbocycles. The van der Waals surface area contributed by atoms with Gasteiger partial charge in [-0.05, 0) is 44.5 Å². The third kappa shape index (κ3) is 2.70.